The van der Waals surface area contributed by atoms with Crippen LogP contribution in [0.2, 0.25) is 5.02 Å². The van der Waals surface area contributed by atoms with E-state index < -0.39 is 9.84 Å². The number of carbonyl (C=O) groups is 1. The molecule has 2 aromatic rings. The minimum atomic E-state index is -3.38. The van der Waals surface area contributed by atoms with E-state index in [0.717, 1.165) is 18.2 Å². The van der Waals surface area contributed by atoms with E-state index >= 15 is 0 Å². The fourth-order valence-corrected chi connectivity index (χ4v) is 3.58. The second-order valence-corrected chi connectivity index (χ2v) is 8.08. The molecule has 0 unspecified atom stereocenters. The van der Waals surface area contributed by atoms with Crippen molar-refractivity contribution in [2.24, 2.45) is 0 Å². The Labute approximate surface area is 140 Å². The van der Waals surface area contributed by atoms with Crippen LogP contribution in [0.3, 0.4) is 0 Å². The van der Waals surface area contributed by atoms with Gasteiger partial charge in [0.15, 0.2) is 9.84 Å². The van der Waals surface area contributed by atoms with Gasteiger partial charge in [0, 0.05) is 19.3 Å². The van der Waals surface area contributed by atoms with Crippen LogP contribution in [-0.4, -0.2) is 32.0 Å². The van der Waals surface area contributed by atoms with Crippen molar-refractivity contribution in [3.63, 3.8) is 0 Å². The van der Waals surface area contributed by atoms with Crippen LogP contribution in [0, 0.1) is 0 Å². The van der Waals surface area contributed by atoms with E-state index in [9.17, 15) is 13.2 Å². The summed E-state index contributed by atoms with van der Waals surface area (Å²) in [6.07, 6.45) is 1.90. The molecular formula is C17H16ClNO3S. The Hall–Kier alpha value is -1.85. The highest BCUT2D eigenvalue weighted by Crippen LogP contribution is 2.25. The van der Waals surface area contributed by atoms with Gasteiger partial charge in [-0.05, 0) is 35.7 Å². The molecule has 1 amide bonds. The van der Waals surface area contributed by atoms with Gasteiger partial charge in [-0.1, -0.05) is 35.9 Å². The van der Waals surface area contributed by atoms with Gasteiger partial charge in [0.1, 0.15) is 0 Å². The number of amides is 1. The summed E-state index contributed by atoms with van der Waals surface area (Å²) in [7, 11) is -3.38. The molecule has 1 aliphatic rings. The second kappa shape index (κ2) is 5.98. The zero-order valence-electron chi connectivity index (χ0n) is 12.6. The largest absolute Gasteiger partial charge is 0.334 e. The monoisotopic (exact) mass is 349 g/mol. The molecule has 1 heterocycles. The first-order chi connectivity index (χ1) is 10.9. The fraction of sp³-hybridized carbons (Fsp3) is 0.235. The van der Waals surface area contributed by atoms with Gasteiger partial charge in [-0.15, -0.1) is 0 Å². The first-order valence-electron chi connectivity index (χ1n) is 7.22. The number of fused-ring (bicyclic) bond motifs is 1. The van der Waals surface area contributed by atoms with Crippen LogP contribution in [0.4, 0.5) is 0 Å². The molecule has 4 nitrogen and oxygen atoms in total. The standard InChI is InChI=1S/C17H16ClNO3S/c1-23(21,22)14-6-7-16(18)15(10-14)17(20)19-9-8-12-4-2-3-5-13(12)11-19/h2-7,10H,8-9,11H2,1H3. The lowest BCUT2D eigenvalue weighted by Gasteiger charge is -2.29. The minimum Gasteiger partial charge on any atom is -0.334 e. The van der Waals surface area contributed by atoms with Gasteiger partial charge in [-0.2, -0.15) is 0 Å². The molecule has 0 fully saturated rings. The van der Waals surface area contributed by atoms with Gasteiger partial charge in [0.25, 0.3) is 5.91 Å². The van der Waals surface area contributed by atoms with Crippen molar-refractivity contribution in [1.82, 2.24) is 4.90 Å². The topological polar surface area (TPSA) is 54.5 Å². The Morgan fingerprint density at radius 2 is 1.83 bits per heavy atom. The van der Waals surface area contributed by atoms with Crippen LogP contribution < -0.4 is 0 Å². The fourth-order valence-electron chi connectivity index (χ4n) is 2.74. The number of carbonyl (C=O) groups excluding carboxylic acids is 1. The number of hydrogen-bond donors (Lipinski definition) is 0. The molecule has 6 heteroatoms. The Morgan fingerprint density at radius 1 is 1.13 bits per heavy atom. The van der Waals surface area contributed by atoms with Crippen molar-refractivity contribution in [3.8, 4) is 0 Å². The normalized spacial score (nSPS) is 14.4. The number of halogens is 1. The van der Waals surface area contributed by atoms with Gasteiger partial charge < -0.3 is 4.90 Å². The molecule has 0 radical (unpaired) electrons. The summed E-state index contributed by atoms with van der Waals surface area (Å²) in [6, 6.07) is 12.2. The van der Waals surface area contributed by atoms with Gasteiger partial charge in [-0.25, -0.2) is 8.42 Å². The smallest absolute Gasteiger partial charge is 0.255 e. The average Bonchev–Trinajstić information content (AvgIpc) is 2.53. The summed E-state index contributed by atoms with van der Waals surface area (Å²) in [5.41, 5.74) is 2.59. The lowest BCUT2D eigenvalue weighted by atomic mass is 9.99. The van der Waals surface area contributed by atoms with Crippen LogP contribution >= 0.6 is 11.6 Å². The molecule has 0 N–H and O–H groups in total. The summed E-state index contributed by atoms with van der Waals surface area (Å²) in [5, 5.41) is 0.265. The number of nitrogens with zero attached hydrogens (tertiary/aromatic N) is 1. The van der Waals surface area contributed by atoms with E-state index in [1.807, 2.05) is 18.2 Å². The van der Waals surface area contributed by atoms with Crippen molar-refractivity contribution in [1.29, 1.82) is 0 Å². The zero-order chi connectivity index (χ0) is 16.6. The summed E-state index contributed by atoms with van der Waals surface area (Å²) < 4.78 is 23.4. The summed E-state index contributed by atoms with van der Waals surface area (Å²) in [6.45, 7) is 1.10. The van der Waals surface area contributed by atoms with Crippen LogP contribution in [0.25, 0.3) is 0 Å². The first-order valence-corrected chi connectivity index (χ1v) is 9.49. The van der Waals surface area contributed by atoms with E-state index in [1.165, 1.54) is 23.8 Å². The lowest BCUT2D eigenvalue weighted by Crippen LogP contribution is -2.36. The van der Waals surface area contributed by atoms with Crippen LogP contribution in [-0.2, 0) is 22.8 Å². The van der Waals surface area contributed by atoms with Crippen LogP contribution in [0.5, 0.6) is 0 Å². The van der Waals surface area contributed by atoms with Gasteiger partial charge >= 0.3 is 0 Å². The van der Waals surface area contributed by atoms with Crippen molar-refractivity contribution in [3.05, 3.63) is 64.2 Å². The predicted octanol–water partition coefficient (Wildman–Crippen LogP) is 2.94. The number of sulfone groups is 1. The van der Waals surface area contributed by atoms with Crippen LogP contribution in [0.15, 0.2) is 47.4 Å². The SMILES string of the molecule is CS(=O)(=O)c1ccc(Cl)c(C(=O)N2CCc3ccccc3C2)c1. The quantitative estimate of drug-likeness (QED) is 0.837. The third-order valence-electron chi connectivity index (χ3n) is 4.01. The highest BCUT2D eigenvalue weighted by molar-refractivity contribution is 7.90. The average molecular weight is 350 g/mol. The molecule has 0 bridgehead atoms. The maximum Gasteiger partial charge on any atom is 0.255 e. The highest BCUT2D eigenvalue weighted by Gasteiger charge is 2.24. The molecule has 0 aromatic heterocycles. The van der Waals surface area contributed by atoms with Crippen molar-refractivity contribution in [2.45, 2.75) is 17.9 Å². The molecule has 120 valence electrons. The van der Waals surface area contributed by atoms with Crippen LogP contribution in [0.1, 0.15) is 21.5 Å². The number of benzene rings is 2. The van der Waals surface area contributed by atoms with Crippen molar-refractivity contribution < 1.29 is 13.2 Å². The highest BCUT2D eigenvalue weighted by atomic mass is 35.5. The number of rotatable bonds is 2. The molecular weight excluding hydrogens is 334 g/mol. The Bertz CT molecular complexity index is 877. The molecule has 0 spiro atoms. The summed E-state index contributed by atoms with van der Waals surface area (Å²) >= 11 is 6.12. The first kappa shape index (κ1) is 16.0. The van der Waals surface area contributed by atoms with Gasteiger partial charge in [-0.3, -0.25) is 4.79 Å². The maximum atomic E-state index is 12.8. The van der Waals surface area contributed by atoms with E-state index in [4.69, 9.17) is 11.6 Å². The van der Waals surface area contributed by atoms with Gasteiger partial charge in [0.05, 0.1) is 15.5 Å². The Kier molecular flexibility index (Phi) is 4.17. The Morgan fingerprint density at radius 3 is 2.52 bits per heavy atom. The third-order valence-corrected chi connectivity index (χ3v) is 5.45. The van der Waals surface area contributed by atoms with E-state index in [-0.39, 0.29) is 21.4 Å². The molecule has 1 aliphatic heterocycles. The summed E-state index contributed by atoms with van der Waals surface area (Å²) in [5.74, 6) is -0.241. The maximum absolute atomic E-state index is 12.8. The molecule has 0 saturated heterocycles. The van der Waals surface area contributed by atoms with Gasteiger partial charge in [0.2, 0.25) is 0 Å². The molecule has 3 rings (SSSR count). The molecule has 0 atom stereocenters. The molecule has 2 aromatic carbocycles. The minimum absolute atomic E-state index is 0.0997. The predicted molar refractivity (Wildman–Crippen MR) is 89.4 cm³/mol. The van der Waals surface area contributed by atoms with E-state index in [0.29, 0.717) is 13.1 Å². The van der Waals surface area contributed by atoms with E-state index in [1.54, 1.807) is 4.90 Å². The molecule has 0 aliphatic carbocycles. The van der Waals surface area contributed by atoms with Crippen molar-refractivity contribution in [2.75, 3.05) is 12.8 Å². The zero-order valence-corrected chi connectivity index (χ0v) is 14.2. The lowest BCUT2D eigenvalue weighted by molar-refractivity contribution is 0.0734. The van der Waals surface area contributed by atoms with E-state index in [2.05, 4.69) is 6.07 Å². The third kappa shape index (κ3) is 3.26. The van der Waals surface area contributed by atoms with Crippen molar-refractivity contribution >= 4 is 27.3 Å². The molecule has 23 heavy (non-hydrogen) atoms. The second-order valence-electron chi connectivity index (χ2n) is 5.66. The summed E-state index contributed by atoms with van der Waals surface area (Å²) in [4.78, 5) is 14.6. The Balaban J connectivity index is 1.93. The number of hydrogen-bond acceptors (Lipinski definition) is 3. The molecule has 0 saturated carbocycles.